The van der Waals surface area contributed by atoms with Gasteiger partial charge in [-0.3, -0.25) is 0 Å². The van der Waals surface area contributed by atoms with Crippen LogP contribution in [0, 0.1) is 0 Å². The Hall–Kier alpha value is -2.00. The minimum Gasteiger partial charge on any atom is -0.494 e. The van der Waals surface area contributed by atoms with Crippen LogP contribution >= 0.6 is 0 Å². The fourth-order valence-electron chi connectivity index (χ4n) is 1.97. The molecule has 0 heterocycles. The summed E-state index contributed by atoms with van der Waals surface area (Å²) in [6.45, 7) is 4.54. The summed E-state index contributed by atoms with van der Waals surface area (Å²) in [7, 11) is 0. The van der Waals surface area contributed by atoms with Crippen LogP contribution in [0.2, 0.25) is 0 Å². The average Bonchev–Trinajstić information content (AvgIpc) is 2.49. The molecule has 2 aromatic rings. The largest absolute Gasteiger partial charge is 0.494 e. The molecule has 0 saturated carbocycles. The highest BCUT2D eigenvalue weighted by atomic mass is 16.5. The van der Waals surface area contributed by atoms with Gasteiger partial charge in [0.1, 0.15) is 17.2 Å². The van der Waals surface area contributed by atoms with Gasteiger partial charge in [0.25, 0.3) is 0 Å². The predicted octanol–water partition coefficient (Wildman–Crippen LogP) is 4.32. The molecular formula is C17H20O3. The molecule has 3 nitrogen and oxygen atoms in total. The highest BCUT2D eigenvalue weighted by Crippen LogP contribution is 2.31. The average molecular weight is 272 g/mol. The summed E-state index contributed by atoms with van der Waals surface area (Å²) in [5.74, 6) is 2.23. The van der Waals surface area contributed by atoms with Crippen LogP contribution in [0.5, 0.6) is 17.2 Å². The van der Waals surface area contributed by atoms with Crippen molar-refractivity contribution in [1.82, 2.24) is 0 Å². The molecule has 0 bridgehead atoms. The maximum absolute atomic E-state index is 10.0. The Bertz CT molecular complexity index is 534. The van der Waals surface area contributed by atoms with Crippen LogP contribution in [-0.4, -0.2) is 11.7 Å². The van der Waals surface area contributed by atoms with E-state index in [1.807, 2.05) is 62.4 Å². The van der Waals surface area contributed by atoms with Gasteiger partial charge in [-0.05, 0) is 43.7 Å². The second kappa shape index (κ2) is 6.96. The van der Waals surface area contributed by atoms with Gasteiger partial charge in [0.05, 0.1) is 12.7 Å². The van der Waals surface area contributed by atoms with Gasteiger partial charge in [0.15, 0.2) is 0 Å². The van der Waals surface area contributed by atoms with Gasteiger partial charge in [-0.25, -0.2) is 0 Å². The van der Waals surface area contributed by atoms with E-state index in [-0.39, 0.29) is 0 Å². The van der Waals surface area contributed by atoms with E-state index in [9.17, 15) is 5.11 Å². The second-order valence-corrected chi connectivity index (χ2v) is 4.47. The molecule has 2 rings (SSSR count). The van der Waals surface area contributed by atoms with E-state index in [4.69, 9.17) is 9.47 Å². The molecule has 106 valence electrons. The lowest BCUT2D eigenvalue weighted by Gasteiger charge is -2.14. The Kier molecular flexibility index (Phi) is 5.02. The van der Waals surface area contributed by atoms with E-state index >= 15 is 0 Å². The van der Waals surface area contributed by atoms with E-state index in [1.165, 1.54) is 0 Å². The summed E-state index contributed by atoms with van der Waals surface area (Å²) in [6, 6.07) is 15.0. The van der Waals surface area contributed by atoms with Crippen molar-refractivity contribution >= 4 is 0 Å². The molecule has 0 aliphatic carbocycles. The van der Waals surface area contributed by atoms with Crippen LogP contribution in [0.3, 0.4) is 0 Å². The van der Waals surface area contributed by atoms with Gasteiger partial charge in [0, 0.05) is 5.56 Å². The van der Waals surface area contributed by atoms with Crippen molar-refractivity contribution in [1.29, 1.82) is 0 Å². The summed E-state index contributed by atoms with van der Waals surface area (Å²) in [4.78, 5) is 0. The van der Waals surface area contributed by atoms with E-state index < -0.39 is 6.10 Å². The maximum atomic E-state index is 10.0. The fraction of sp³-hybridized carbons (Fsp3) is 0.294. The first-order chi connectivity index (χ1) is 9.74. The quantitative estimate of drug-likeness (QED) is 0.851. The highest BCUT2D eigenvalue weighted by molar-refractivity contribution is 5.40. The Labute approximate surface area is 119 Å². The van der Waals surface area contributed by atoms with Crippen LogP contribution < -0.4 is 9.47 Å². The zero-order valence-corrected chi connectivity index (χ0v) is 11.9. The lowest BCUT2D eigenvalue weighted by molar-refractivity contribution is 0.170. The van der Waals surface area contributed by atoms with Gasteiger partial charge in [-0.2, -0.15) is 0 Å². The molecule has 0 amide bonds. The molecule has 0 radical (unpaired) electrons. The Morgan fingerprint density at radius 3 is 2.25 bits per heavy atom. The van der Waals surface area contributed by atoms with Gasteiger partial charge >= 0.3 is 0 Å². The highest BCUT2D eigenvalue weighted by Gasteiger charge is 2.11. The van der Waals surface area contributed by atoms with Crippen LogP contribution in [0.1, 0.15) is 31.9 Å². The minimum absolute atomic E-state index is 0.506. The van der Waals surface area contributed by atoms with Gasteiger partial charge in [0.2, 0.25) is 0 Å². The number of aliphatic hydroxyl groups is 1. The molecule has 0 unspecified atom stereocenters. The van der Waals surface area contributed by atoms with Crippen LogP contribution in [-0.2, 0) is 0 Å². The number of aliphatic hydroxyl groups excluding tert-OH is 1. The minimum atomic E-state index is -0.506. The van der Waals surface area contributed by atoms with Crippen molar-refractivity contribution in [3.63, 3.8) is 0 Å². The molecule has 0 aliphatic heterocycles. The van der Waals surface area contributed by atoms with Crippen molar-refractivity contribution in [2.24, 2.45) is 0 Å². The molecule has 2 aromatic carbocycles. The van der Waals surface area contributed by atoms with E-state index in [0.29, 0.717) is 18.8 Å². The zero-order valence-electron chi connectivity index (χ0n) is 11.9. The number of rotatable bonds is 6. The Balaban J connectivity index is 2.17. The van der Waals surface area contributed by atoms with Crippen molar-refractivity contribution < 1.29 is 14.6 Å². The molecule has 0 fully saturated rings. The third kappa shape index (κ3) is 3.52. The summed E-state index contributed by atoms with van der Waals surface area (Å²) in [5.41, 5.74) is 0.809. The third-order valence-electron chi connectivity index (χ3n) is 3.03. The zero-order chi connectivity index (χ0) is 14.4. The van der Waals surface area contributed by atoms with Gasteiger partial charge in [-0.1, -0.05) is 25.1 Å². The van der Waals surface area contributed by atoms with E-state index in [1.54, 1.807) is 0 Å². The molecule has 1 atom stereocenters. The number of benzene rings is 2. The first-order valence-electron chi connectivity index (χ1n) is 6.92. The monoisotopic (exact) mass is 272 g/mol. The summed E-state index contributed by atoms with van der Waals surface area (Å²) in [6.07, 6.45) is 0.151. The van der Waals surface area contributed by atoms with Gasteiger partial charge < -0.3 is 14.6 Å². The summed E-state index contributed by atoms with van der Waals surface area (Å²) < 4.78 is 11.2. The molecule has 20 heavy (non-hydrogen) atoms. The number of hydrogen-bond donors (Lipinski definition) is 1. The van der Waals surface area contributed by atoms with Crippen molar-refractivity contribution in [3.8, 4) is 17.2 Å². The SMILES string of the molecule is CCOc1ccc(Oc2ccccc2[C@H](O)CC)cc1. The molecule has 0 saturated heterocycles. The maximum Gasteiger partial charge on any atom is 0.133 e. The fourth-order valence-corrected chi connectivity index (χ4v) is 1.97. The number of ether oxygens (including phenoxy) is 2. The molecular weight excluding hydrogens is 252 g/mol. The first kappa shape index (κ1) is 14.4. The van der Waals surface area contributed by atoms with Crippen molar-refractivity contribution in [2.45, 2.75) is 26.4 Å². The van der Waals surface area contributed by atoms with E-state index in [0.717, 1.165) is 17.1 Å². The standard InChI is InChI=1S/C17H20O3/c1-3-16(18)15-7-5-6-8-17(15)20-14-11-9-13(10-12-14)19-4-2/h5-12,16,18H,3-4H2,1-2H3/t16-/m1/s1. The second-order valence-electron chi connectivity index (χ2n) is 4.47. The predicted molar refractivity (Wildman–Crippen MR) is 79.4 cm³/mol. The third-order valence-corrected chi connectivity index (χ3v) is 3.03. The van der Waals surface area contributed by atoms with Gasteiger partial charge in [-0.15, -0.1) is 0 Å². The molecule has 0 spiro atoms. The van der Waals surface area contributed by atoms with Crippen LogP contribution in [0.4, 0.5) is 0 Å². The molecule has 1 N–H and O–H groups in total. The van der Waals surface area contributed by atoms with E-state index in [2.05, 4.69) is 0 Å². The summed E-state index contributed by atoms with van der Waals surface area (Å²) in [5, 5.41) is 10.0. The Morgan fingerprint density at radius 1 is 0.950 bits per heavy atom. The molecule has 0 aromatic heterocycles. The number of para-hydroxylation sites is 1. The lowest BCUT2D eigenvalue weighted by atomic mass is 10.1. The molecule has 0 aliphatic rings. The number of hydrogen-bond acceptors (Lipinski definition) is 3. The van der Waals surface area contributed by atoms with Crippen LogP contribution in [0.15, 0.2) is 48.5 Å². The van der Waals surface area contributed by atoms with Crippen molar-refractivity contribution in [2.75, 3.05) is 6.61 Å². The Morgan fingerprint density at radius 2 is 1.60 bits per heavy atom. The van der Waals surface area contributed by atoms with Crippen LogP contribution in [0.25, 0.3) is 0 Å². The first-order valence-corrected chi connectivity index (χ1v) is 6.92. The lowest BCUT2D eigenvalue weighted by Crippen LogP contribution is -1.98. The molecule has 3 heteroatoms. The smallest absolute Gasteiger partial charge is 0.133 e. The normalized spacial score (nSPS) is 11.9. The summed E-state index contributed by atoms with van der Waals surface area (Å²) >= 11 is 0. The van der Waals surface area contributed by atoms with Crippen molar-refractivity contribution in [3.05, 3.63) is 54.1 Å². The topological polar surface area (TPSA) is 38.7 Å².